The summed E-state index contributed by atoms with van der Waals surface area (Å²) >= 11 is 0. The van der Waals surface area contributed by atoms with Gasteiger partial charge in [-0.05, 0) is 23.6 Å². The van der Waals surface area contributed by atoms with E-state index in [1.54, 1.807) is 12.1 Å². The van der Waals surface area contributed by atoms with Gasteiger partial charge in [-0.2, -0.15) is 0 Å². The highest BCUT2D eigenvalue weighted by Crippen LogP contribution is 2.21. The fourth-order valence-electron chi connectivity index (χ4n) is 2.65. The summed E-state index contributed by atoms with van der Waals surface area (Å²) in [5.74, 6) is -0.330. The number of rotatable bonds is 6. The maximum Gasteiger partial charge on any atom is 0.237 e. The van der Waals surface area contributed by atoms with E-state index in [-0.39, 0.29) is 23.7 Å². The minimum absolute atomic E-state index is 0.0113. The lowest BCUT2D eigenvalue weighted by Gasteiger charge is -2.35. The van der Waals surface area contributed by atoms with Gasteiger partial charge in [-0.3, -0.25) is 9.69 Å². The van der Waals surface area contributed by atoms with Crippen LogP contribution < -0.4 is 11.1 Å². The van der Waals surface area contributed by atoms with Crippen molar-refractivity contribution in [1.82, 2.24) is 10.2 Å². The van der Waals surface area contributed by atoms with Crippen LogP contribution >= 0.6 is 0 Å². The summed E-state index contributed by atoms with van der Waals surface area (Å²) in [7, 11) is 0. The molecule has 1 amide bonds. The molecule has 6 heteroatoms. The van der Waals surface area contributed by atoms with Gasteiger partial charge >= 0.3 is 0 Å². The van der Waals surface area contributed by atoms with Crippen LogP contribution in [-0.4, -0.2) is 49.7 Å². The Labute approximate surface area is 137 Å². The average Bonchev–Trinajstić information content (AvgIpc) is 2.56. The molecule has 5 nitrogen and oxygen atoms in total. The van der Waals surface area contributed by atoms with Gasteiger partial charge in [0, 0.05) is 19.6 Å². The maximum atomic E-state index is 13.2. The molecule has 1 saturated heterocycles. The molecule has 128 valence electrons. The lowest BCUT2D eigenvalue weighted by Crippen LogP contribution is -2.48. The third-order valence-corrected chi connectivity index (χ3v) is 4.23. The highest BCUT2D eigenvalue weighted by molar-refractivity contribution is 5.81. The predicted octanol–water partition coefficient (Wildman–Crippen LogP) is 1.30. The normalized spacial score (nSPS) is 18.7. The molecular weight excluding hydrogens is 297 g/mol. The highest BCUT2D eigenvalue weighted by atomic mass is 19.1. The number of carbonyl (C=O) groups is 1. The number of ether oxygens (including phenoxy) is 1. The van der Waals surface area contributed by atoms with E-state index < -0.39 is 6.04 Å². The summed E-state index contributed by atoms with van der Waals surface area (Å²) in [6, 6.07) is 5.90. The Kier molecular flexibility index (Phi) is 6.50. The number of hydrogen-bond donors (Lipinski definition) is 2. The third-order valence-electron chi connectivity index (χ3n) is 4.23. The molecular formula is C17H26FN3O2. The SMILES string of the molecule is CC(C)[C@H](N)C(=O)NCC(c1ccc(F)cc1)N1CCOCC1. The summed E-state index contributed by atoms with van der Waals surface area (Å²) in [6.07, 6.45) is 0. The van der Waals surface area contributed by atoms with Crippen LogP contribution in [0.15, 0.2) is 24.3 Å². The first-order chi connectivity index (χ1) is 11.0. The van der Waals surface area contributed by atoms with Crippen molar-refractivity contribution in [2.45, 2.75) is 25.9 Å². The molecule has 2 atom stereocenters. The Morgan fingerprint density at radius 2 is 1.91 bits per heavy atom. The summed E-state index contributed by atoms with van der Waals surface area (Å²) < 4.78 is 18.6. The van der Waals surface area contributed by atoms with Gasteiger partial charge in [-0.15, -0.1) is 0 Å². The number of nitrogens with two attached hydrogens (primary N) is 1. The molecule has 2 rings (SSSR count). The van der Waals surface area contributed by atoms with E-state index in [1.165, 1.54) is 12.1 Å². The number of nitrogens with zero attached hydrogens (tertiary/aromatic N) is 1. The molecule has 0 bridgehead atoms. The van der Waals surface area contributed by atoms with Crippen molar-refractivity contribution < 1.29 is 13.9 Å². The minimum atomic E-state index is -0.520. The van der Waals surface area contributed by atoms with Crippen LogP contribution in [0.2, 0.25) is 0 Å². The smallest absolute Gasteiger partial charge is 0.237 e. The van der Waals surface area contributed by atoms with Crippen LogP contribution in [0.4, 0.5) is 4.39 Å². The average molecular weight is 323 g/mol. The quantitative estimate of drug-likeness (QED) is 0.828. The lowest BCUT2D eigenvalue weighted by atomic mass is 10.0. The number of carbonyl (C=O) groups excluding carboxylic acids is 1. The first-order valence-electron chi connectivity index (χ1n) is 8.09. The van der Waals surface area contributed by atoms with E-state index in [2.05, 4.69) is 10.2 Å². The molecule has 0 spiro atoms. The van der Waals surface area contributed by atoms with E-state index in [9.17, 15) is 9.18 Å². The van der Waals surface area contributed by atoms with Crippen LogP contribution in [0.1, 0.15) is 25.5 Å². The van der Waals surface area contributed by atoms with Gasteiger partial charge in [0.05, 0.1) is 25.3 Å². The highest BCUT2D eigenvalue weighted by Gasteiger charge is 2.25. The van der Waals surface area contributed by atoms with Crippen molar-refractivity contribution >= 4 is 5.91 Å². The van der Waals surface area contributed by atoms with E-state index in [4.69, 9.17) is 10.5 Å². The van der Waals surface area contributed by atoms with Crippen LogP contribution in [0.5, 0.6) is 0 Å². The molecule has 1 fully saturated rings. The van der Waals surface area contributed by atoms with E-state index in [0.717, 1.165) is 18.7 Å². The Balaban J connectivity index is 2.07. The zero-order valence-electron chi connectivity index (χ0n) is 13.8. The zero-order chi connectivity index (χ0) is 16.8. The van der Waals surface area contributed by atoms with Crippen molar-refractivity contribution in [3.05, 3.63) is 35.6 Å². The number of amides is 1. The summed E-state index contributed by atoms with van der Waals surface area (Å²) in [6.45, 7) is 7.19. The number of nitrogens with one attached hydrogen (secondary N) is 1. The zero-order valence-corrected chi connectivity index (χ0v) is 13.8. The fourth-order valence-corrected chi connectivity index (χ4v) is 2.65. The molecule has 1 aliphatic rings. The van der Waals surface area contributed by atoms with Gasteiger partial charge in [-0.1, -0.05) is 26.0 Å². The van der Waals surface area contributed by atoms with Gasteiger partial charge in [0.2, 0.25) is 5.91 Å². The third kappa shape index (κ3) is 4.99. The number of benzene rings is 1. The molecule has 1 aromatic rings. The van der Waals surface area contributed by atoms with Crippen LogP contribution in [0.25, 0.3) is 0 Å². The van der Waals surface area contributed by atoms with Crippen molar-refractivity contribution in [2.75, 3.05) is 32.8 Å². The molecule has 0 aliphatic carbocycles. The Bertz CT molecular complexity index is 501. The molecule has 0 saturated carbocycles. The van der Waals surface area contributed by atoms with E-state index in [1.807, 2.05) is 13.8 Å². The lowest BCUT2D eigenvalue weighted by molar-refractivity contribution is -0.123. The molecule has 1 aliphatic heterocycles. The van der Waals surface area contributed by atoms with Crippen LogP contribution in [0.3, 0.4) is 0 Å². The van der Waals surface area contributed by atoms with Crippen molar-refractivity contribution in [2.24, 2.45) is 11.7 Å². The van der Waals surface area contributed by atoms with Gasteiger partial charge in [0.25, 0.3) is 0 Å². The fraction of sp³-hybridized carbons (Fsp3) is 0.588. The summed E-state index contributed by atoms with van der Waals surface area (Å²) in [5.41, 5.74) is 6.87. The van der Waals surface area contributed by atoms with Crippen molar-refractivity contribution in [3.8, 4) is 0 Å². The van der Waals surface area contributed by atoms with Crippen molar-refractivity contribution in [1.29, 1.82) is 0 Å². The van der Waals surface area contributed by atoms with Crippen LogP contribution in [0, 0.1) is 11.7 Å². The van der Waals surface area contributed by atoms with Gasteiger partial charge in [0.15, 0.2) is 0 Å². The molecule has 1 unspecified atom stereocenters. The van der Waals surface area contributed by atoms with Crippen molar-refractivity contribution in [3.63, 3.8) is 0 Å². The van der Waals surface area contributed by atoms with E-state index >= 15 is 0 Å². The topological polar surface area (TPSA) is 67.6 Å². The standard InChI is InChI=1S/C17H26FN3O2/c1-12(2)16(19)17(22)20-11-15(21-7-9-23-10-8-21)13-3-5-14(18)6-4-13/h3-6,12,15-16H,7-11,19H2,1-2H3,(H,20,22)/t15?,16-/m0/s1. The largest absolute Gasteiger partial charge is 0.379 e. The second-order valence-electron chi connectivity index (χ2n) is 6.23. The second-order valence-corrected chi connectivity index (χ2v) is 6.23. The Morgan fingerprint density at radius 3 is 2.48 bits per heavy atom. The monoisotopic (exact) mass is 323 g/mol. The van der Waals surface area contributed by atoms with E-state index in [0.29, 0.717) is 19.8 Å². The molecule has 23 heavy (non-hydrogen) atoms. The maximum absolute atomic E-state index is 13.2. The van der Waals surface area contributed by atoms with Gasteiger partial charge in [-0.25, -0.2) is 4.39 Å². The van der Waals surface area contributed by atoms with Gasteiger partial charge < -0.3 is 15.8 Å². The molecule has 3 N–H and O–H groups in total. The molecule has 1 heterocycles. The first-order valence-corrected chi connectivity index (χ1v) is 8.09. The molecule has 1 aromatic carbocycles. The predicted molar refractivity (Wildman–Crippen MR) is 87.4 cm³/mol. The Morgan fingerprint density at radius 1 is 1.30 bits per heavy atom. The Hall–Kier alpha value is -1.50. The minimum Gasteiger partial charge on any atom is -0.379 e. The summed E-state index contributed by atoms with van der Waals surface area (Å²) in [4.78, 5) is 14.4. The molecule has 0 aromatic heterocycles. The second kappa shape index (κ2) is 8.38. The van der Waals surface area contributed by atoms with Gasteiger partial charge in [0.1, 0.15) is 5.82 Å². The molecule has 0 radical (unpaired) electrons. The number of halogens is 1. The number of hydrogen-bond acceptors (Lipinski definition) is 4. The van der Waals surface area contributed by atoms with Crippen LogP contribution in [-0.2, 0) is 9.53 Å². The summed E-state index contributed by atoms with van der Waals surface area (Å²) in [5, 5.41) is 2.93. The number of morpholine rings is 1. The first kappa shape index (κ1) is 17.8.